The molecule has 0 heterocycles. The van der Waals surface area contributed by atoms with Crippen LogP contribution in [0.5, 0.6) is 5.75 Å². The number of ether oxygens (including phenoxy) is 1. The summed E-state index contributed by atoms with van der Waals surface area (Å²) in [6, 6.07) is 10.3. The van der Waals surface area contributed by atoms with Gasteiger partial charge in [0.15, 0.2) is 5.75 Å². The van der Waals surface area contributed by atoms with Crippen molar-refractivity contribution < 1.29 is 14.5 Å². The summed E-state index contributed by atoms with van der Waals surface area (Å²) in [5, 5.41) is 14.8. The molecule has 0 atom stereocenters. The van der Waals surface area contributed by atoms with Crippen LogP contribution in [0.4, 0.5) is 5.69 Å². The van der Waals surface area contributed by atoms with Gasteiger partial charge in [0.05, 0.1) is 24.7 Å². The molecule has 0 saturated carbocycles. The summed E-state index contributed by atoms with van der Waals surface area (Å²) in [6.45, 7) is 3.95. The fraction of sp³-hybridized carbons (Fsp3) is 0.222. The van der Waals surface area contributed by atoms with Crippen LogP contribution in [0.3, 0.4) is 0 Å². The maximum Gasteiger partial charge on any atom is 0.311 e. The molecule has 0 spiro atoms. The van der Waals surface area contributed by atoms with Crippen LogP contribution in [0.1, 0.15) is 22.3 Å². The molecule has 2 rings (SSSR count). The maximum atomic E-state index is 12.0. The Morgan fingerprint density at radius 2 is 2.04 bits per heavy atom. The summed E-state index contributed by atoms with van der Waals surface area (Å²) in [5.74, 6) is -0.0905. The van der Waals surface area contributed by atoms with Crippen molar-refractivity contribution in [1.82, 2.24) is 5.43 Å². The van der Waals surface area contributed by atoms with Crippen molar-refractivity contribution in [3.63, 3.8) is 0 Å². The third-order valence-corrected chi connectivity index (χ3v) is 3.65. The summed E-state index contributed by atoms with van der Waals surface area (Å²) in [4.78, 5) is 22.4. The van der Waals surface area contributed by atoms with E-state index in [2.05, 4.69) is 10.5 Å². The van der Waals surface area contributed by atoms with Crippen molar-refractivity contribution in [2.45, 2.75) is 20.3 Å². The quantitative estimate of drug-likeness (QED) is 0.496. The molecule has 0 fully saturated rings. The molecule has 0 aromatic heterocycles. The highest BCUT2D eigenvalue weighted by Crippen LogP contribution is 2.26. The SMILES string of the molecule is COc1ccc(/C=N/NC(=O)Cc2ccc(C)cc2C)cc1[N+](=O)[O-]. The molecular formula is C18H19N3O4. The molecule has 0 saturated heterocycles. The van der Waals surface area contributed by atoms with E-state index < -0.39 is 4.92 Å². The highest BCUT2D eigenvalue weighted by Gasteiger charge is 2.14. The van der Waals surface area contributed by atoms with Crippen LogP contribution in [-0.2, 0) is 11.2 Å². The van der Waals surface area contributed by atoms with Gasteiger partial charge in [0.2, 0.25) is 5.91 Å². The monoisotopic (exact) mass is 341 g/mol. The molecule has 1 N–H and O–H groups in total. The summed E-state index contributed by atoms with van der Waals surface area (Å²) < 4.78 is 4.93. The van der Waals surface area contributed by atoms with E-state index in [1.165, 1.54) is 25.5 Å². The first kappa shape index (κ1) is 18.1. The number of hydrazone groups is 1. The lowest BCUT2D eigenvalue weighted by molar-refractivity contribution is -0.385. The number of nitrogens with one attached hydrogen (secondary N) is 1. The lowest BCUT2D eigenvalue weighted by Gasteiger charge is -2.06. The van der Waals surface area contributed by atoms with Crippen molar-refractivity contribution >= 4 is 17.8 Å². The number of methoxy groups -OCH3 is 1. The van der Waals surface area contributed by atoms with Crippen molar-refractivity contribution in [2.24, 2.45) is 5.10 Å². The molecule has 2 aromatic rings. The Balaban J connectivity index is 2.01. The molecule has 7 nitrogen and oxygen atoms in total. The smallest absolute Gasteiger partial charge is 0.311 e. The van der Waals surface area contributed by atoms with Gasteiger partial charge in [0.25, 0.3) is 0 Å². The molecule has 1 amide bonds. The van der Waals surface area contributed by atoms with E-state index in [9.17, 15) is 14.9 Å². The van der Waals surface area contributed by atoms with Gasteiger partial charge < -0.3 is 4.74 Å². The van der Waals surface area contributed by atoms with Crippen LogP contribution in [0.25, 0.3) is 0 Å². The topological polar surface area (TPSA) is 93.8 Å². The van der Waals surface area contributed by atoms with Crippen molar-refractivity contribution in [1.29, 1.82) is 0 Å². The average Bonchev–Trinajstić information content (AvgIpc) is 2.57. The molecule has 0 aliphatic heterocycles. The molecule has 0 bridgehead atoms. The molecule has 130 valence electrons. The molecule has 0 radical (unpaired) electrons. The molecule has 25 heavy (non-hydrogen) atoms. The number of nitrogens with zero attached hydrogens (tertiary/aromatic N) is 2. The number of rotatable bonds is 6. The minimum atomic E-state index is -0.533. The van der Waals surface area contributed by atoms with Gasteiger partial charge in [-0.1, -0.05) is 23.8 Å². The van der Waals surface area contributed by atoms with E-state index in [1.54, 1.807) is 6.07 Å². The number of hydrogen-bond acceptors (Lipinski definition) is 5. The zero-order valence-corrected chi connectivity index (χ0v) is 14.3. The Hall–Kier alpha value is -3.22. The first-order valence-corrected chi connectivity index (χ1v) is 7.61. The van der Waals surface area contributed by atoms with Gasteiger partial charge in [0, 0.05) is 11.6 Å². The van der Waals surface area contributed by atoms with Crippen molar-refractivity contribution in [2.75, 3.05) is 7.11 Å². The van der Waals surface area contributed by atoms with E-state index in [4.69, 9.17) is 4.74 Å². The van der Waals surface area contributed by atoms with Gasteiger partial charge in [-0.2, -0.15) is 5.10 Å². The summed E-state index contributed by atoms with van der Waals surface area (Å²) in [7, 11) is 1.36. The van der Waals surface area contributed by atoms with Gasteiger partial charge in [-0.05, 0) is 37.1 Å². The second-order valence-corrected chi connectivity index (χ2v) is 5.59. The van der Waals surface area contributed by atoms with Crippen LogP contribution in [0.15, 0.2) is 41.5 Å². The number of amides is 1. The molecule has 0 unspecified atom stereocenters. The second kappa shape index (κ2) is 8.05. The van der Waals surface area contributed by atoms with Crippen LogP contribution in [-0.4, -0.2) is 24.2 Å². The van der Waals surface area contributed by atoms with E-state index in [0.29, 0.717) is 5.56 Å². The molecule has 7 heteroatoms. The molecule has 2 aromatic carbocycles. The predicted molar refractivity (Wildman–Crippen MR) is 95.0 cm³/mol. The second-order valence-electron chi connectivity index (χ2n) is 5.59. The van der Waals surface area contributed by atoms with Gasteiger partial charge in [-0.25, -0.2) is 5.43 Å². The average molecular weight is 341 g/mol. The van der Waals surface area contributed by atoms with E-state index in [1.807, 2.05) is 32.0 Å². The van der Waals surface area contributed by atoms with Crippen LogP contribution in [0.2, 0.25) is 0 Å². The number of aryl methyl sites for hydroxylation is 2. The highest BCUT2D eigenvalue weighted by molar-refractivity contribution is 5.84. The Bertz CT molecular complexity index is 831. The number of carbonyl (C=O) groups excluding carboxylic acids is 1. The molecular weight excluding hydrogens is 322 g/mol. The van der Waals surface area contributed by atoms with Gasteiger partial charge in [0.1, 0.15) is 0 Å². The Kier molecular flexibility index (Phi) is 5.84. The van der Waals surface area contributed by atoms with Crippen molar-refractivity contribution in [3.8, 4) is 5.75 Å². The zero-order valence-electron chi connectivity index (χ0n) is 14.3. The van der Waals surface area contributed by atoms with E-state index in [-0.39, 0.29) is 23.8 Å². The number of hydrogen-bond donors (Lipinski definition) is 1. The Morgan fingerprint density at radius 1 is 1.28 bits per heavy atom. The Morgan fingerprint density at radius 3 is 2.68 bits per heavy atom. The summed E-state index contributed by atoms with van der Waals surface area (Å²) >= 11 is 0. The molecule has 0 aliphatic carbocycles. The third-order valence-electron chi connectivity index (χ3n) is 3.65. The lowest BCUT2D eigenvalue weighted by Crippen LogP contribution is -2.20. The standard InChI is InChI=1S/C18H19N3O4/c1-12-4-6-15(13(2)8-12)10-18(22)20-19-11-14-5-7-17(25-3)16(9-14)21(23)24/h4-9,11H,10H2,1-3H3,(H,20,22)/b19-11+. The maximum absolute atomic E-state index is 12.0. The van der Waals surface area contributed by atoms with Gasteiger partial charge in [-0.3, -0.25) is 14.9 Å². The largest absolute Gasteiger partial charge is 0.490 e. The number of nitro benzene ring substituents is 1. The predicted octanol–water partition coefficient (Wildman–Crippen LogP) is 2.91. The van der Waals surface area contributed by atoms with E-state index in [0.717, 1.165) is 16.7 Å². The fourth-order valence-corrected chi connectivity index (χ4v) is 2.37. The number of benzene rings is 2. The van der Waals surface area contributed by atoms with Crippen LogP contribution < -0.4 is 10.2 Å². The minimum absolute atomic E-state index is 0.159. The Labute approximate surface area is 145 Å². The molecule has 0 aliphatic rings. The first-order valence-electron chi connectivity index (χ1n) is 7.61. The van der Waals surface area contributed by atoms with Crippen LogP contribution in [0, 0.1) is 24.0 Å². The fourth-order valence-electron chi connectivity index (χ4n) is 2.37. The summed E-state index contributed by atoms with van der Waals surface area (Å²) in [5.41, 5.74) is 5.87. The number of nitro groups is 1. The van der Waals surface area contributed by atoms with Gasteiger partial charge >= 0.3 is 5.69 Å². The van der Waals surface area contributed by atoms with E-state index >= 15 is 0 Å². The lowest BCUT2D eigenvalue weighted by atomic mass is 10.0. The van der Waals surface area contributed by atoms with Gasteiger partial charge in [-0.15, -0.1) is 0 Å². The minimum Gasteiger partial charge on any atom is -0.490 e. The third kappa shape index (κ3) is 4.87. The van der Waals surface area contributed by atoms with Crippen molar-refractivity contribution in [3.05, 3.63) is 68.8 Å². The summed E-state index contributed by atoms with van der Waals surface area (Å²) in [6.07, 6.45) is 1.57. The van der Waals surface area contributed by atoms with Crippen LogP contribution >= 0.6 is 0 Å². The zero-order chi connectivity index (χ0) is 18.4. The highest BCUT2D eigenvalue weighted by atomic mass is 16.6. The normalized spacial score (nSPS) is 10.7. The first-order chi connectivity index (χ1) is 11.9. The number of carbonyl (C=O) groups is 1.